The Morgan fingerprint density at radius 1 is 0.857 bits per heavy atom. The van der Waals surface area contributed by atoms with E-state index in [1.165, 1.54) is 38.5 Å². The van der Waals surface area contributed by atoms with Gasteiger partial charge in [0.05, 0.1) is 6.10 Å². The highest BCUT2D eigenvalue weighted by Crippen LogP contribution is 2.12. The van der Waals surface area contributed by atoms with E-state index < -0.39 is 0 Å². The van der Waals surface area contributed by atoms with Crippen LogP contribution in [-0.4, -0.2) is 11.2 Å². The second-order valence-electron chi connectivity index (χ2n) is 4.80. The molecule has 0 aliphatic rings. The highest BCUT2D eigenvalue weighted by Gasteiger charge is 1.99. The minimum atomic E-state index is -0.0503. The Kier molecular flexibility index (Phi) is 9.49. The van der Waals surface area contributed by atoms with E-state index in [-0.39, 0.29) is 6.10 Å². The Labute approximate surface area is 89.9 Å². The van der Waals surface area contributed by atoms with Crippen molar-refractivity contribution in [2.75, 3.05) is 0 Å². The van der Waals surface area contributed by atoms with Crippen LogP contribution in [0.15, 0.2) is 0 Å². The summed E-state index contributed by atoms with van der Waals surface area (Å²) >= 11 is 0. The molecule has 0 aliphatic carbocycles. The fraction of sp³-hybridized carbons (Fsp3) is 1.00. The van der Waals surface area contributed by atoms with Crippen LogP contribution in [0.4, 0.5) is 0 Å². The lowest BCUT2D eigenvalue weighted by Gasteiger charge is -2.07. The summed E-state index contributed by atoms with van der Waals surface area (Å²) in [5, 5.41) is 9.33. The van der Waals surface area contributed by atoms with Gasteiger partial charge < -0.3 is 5.11 Å². The van der Waals surface area contributed by atoms with Crippen LogP contribution < -0.4 is 0 Å². The first-order chi connectivity index (χ1) is 6.66. The molecule has 0 saturated carbocycles. The van der Waals surface area contributed by atoms with E-state index in [4.69, 9.17) is 0 Å². The predicted octanol–water partition coefficient (Wildman–Crippen LogP) is 4.14. The molecule has 0 unspecified atom stereocenters. The minimum absolute atomic E-state index is 0.0503. The molecule has 0 spiro atoms. The zero-order chi connectivity index (χ0) is 10.8. The van der Waals surface area contributed by atoms with Crippen molar-refractivity contribution in [3.63, 3.8) is 0 Å². The van der Waals surface area contributed by atoms with Crippen molar-refractivity contribution in [3.05, 3.63) is 0 Å². The number of rotatable bonds is 9. The summed E-state index contributed by atoms with van der Waals surface area (Å²) in [5.41, 5.74) is 0. The molecule has 0 aromatic rings. The molecule has 86 valence electrons. The number of hydrogen-bond acceptors (Lipinski definition) is 1. The lowest BCUT2D eigenvalue weighted by molar-refractivity contribution is 0.156. The van der Waals surface area contributed by atoms with Crippen LogP contribution in [0.3, 0.4) is 0 Å². The van der Waals surface area contributed by atoms with Crippen LogP contribution >= 0.6 is 0 Å². The van der Waals surface area contributed by atoms with E-state index in [0.717, 1.165) is 18.8 Å². The lowest BCUT2D eigenvalue weighted by atomic mass is 10.0. The number of hydrogen-bond donors (Lipinski definition) is 1. The topological polar surface area (TPSA) is 20.2 Å². The molecule has 14 heavy (non-hydrogen) atoms. The van der Waals surface area contributed by atoms with Crippen molar-refractivity contribution < 1.29 is 5.11 Å². The molecule has 0 aromatic heterocycles. The summed E-state index contributed by atoms with van der Waals surface area (Å²) in [5.74, 6) is 0.858. The molecule has 1 N–H and O–H groups in total. The first-order valence-electron chi connectivity index (χ1n) is 6.34. The maximum atomic E-state index is 9.33. The molecule has 1 nitrogen and oxygen atoms in total. The van der Waals surface area contributed by atoms with Gasteiger partial charge in [-0.25, -0.2) is 0 Å². The molecular weight excluding hydrogens is 172 g/mol. The van der Waals surface area contributed by atoms with Crippen molar-refractivity contribution in [2.45, 2.75) is 78.2 Å². The smallest absolute Gasteiger partial charge is 0.0537 e. The van der Waals surface area contributed by atoms with Gasteiger partial charge in [-0.2, -0.15) is 0 Å². The number of aliphatic hydroxyl groups excluding tert-OH is 1. The zero-order valence-corrected chi connectivity index (χ0v) is 10.3. The SMILES string of the molecule is CC[C@H](O)CCCCCCCC(C)C. The summed E-state index contributed by atoms with van der Waals surface area (Å²) in [6, 6.07) is 0. The first-order valence-corrected chi connectivity index (χ1v) is 6.34. The molecule has 0 rings (SSSR count). The predicted molar refractivity (Wildman–Crippen MR) is 63.5 cm³/mol. The molecule has 0 heterocycles. The molecular formula is C13H28O. The third-order valence-corrected chi connectivity index (χ3v) is 2.79. The molecule has 0 aliphatic heterocycles. The second-order valence-corrected chi connectivity index (χ2v) is 4.80. The average molecular weight is 200 g/mol. The third-order valence-electron chi connectivity index (χ3n) is 2.79. The summed E-state index contributed by atoms with van der Waals surface area (Å²) in [4.78, 5) is 0. The van der Waals surface area contributed by atoms with Crippen molar-refractivity contribution in [1.29, 1.82) is 0 Å². The van der Waals surface area contributed by atoms with Gasteiger partial charge in [-0.15, -0.1) is 0 Å². The average Bonchev–Trinajstić information content (AvgIpc) is 2.15. The van der Waals surface area contributed by atoms with Crippen LogP contribution in [0, 0.1) is 5.92 Å². The van der Waals surface area contributed by atoms with Crippen molar-refractivity contribution in [3.8, 4) is 0 Å². The van der Waals surface area contributed by atoms with Gasteiger partial charge in [-0.05, 0) is 18.8 Å². The van der Waals surface area contributed by atoms with Crippen LogP contribution in [0.2, 0.25) is 0 Å². The van der Waals surface area contributed by atoms with E-state index >= 15 is 0 Å². The van der Waals surface area contributed by atoms with Crippen molar-refractivity contribution >= 4 is 0 Å². The summed E-state index contributed by atoms with van der Waals surface area (Å²) < 4.78 is 0. The Balaban J connectivity index is 2.99. The lowest BCUT2D eigenvalue weighted by Crippen LogP contribution is -2.03. The minimum Gasteiger partial charge on any atom is -0.393 e. The number of unbranched alkanes of at least 4 members (excludes halogenated alkanes) is 4. The fourth-order valence-corrected chi connectivity index (χ4v) is 1.67. The van der Waals surface area contributed by atoms with Crippen molar-refractivity contribution in [2.24, 2.45) is 5.92 Å². The Morgan fingerprint density at radius 3 is 1.86 bits per heavy atom. The molecule has 0 aromatic carbocycles. The highest BCUT2D eigenvalue weighted by atomic mass is 16.3. The molecule has 0 saturated heterocycles. The highest BCUT2D eigenvalue weighted by molar-refractivity contribution is 4.53. The summed E-state index contributed by atoms with van der Waals surface area (Å²) in [6.45, 7) is 6.63. The molecule has 1 heteroatoms. The maximum Gasteiger partial charge on any atom is 0.0537 e. The van der Waals surface area contributed by atoms with Gasteiger partial charge in [-0.3, -0.25) is 0 Å². The van der Waals surface area contributed by atoms with Crippen LogP contribution in [-0.2, 0) is 0 Å². The summed E-state index contributed by atoms with van der Waals surface area (Å²) in [7, 11) is 0. The maximum absolute atomic E-state index is 9.33. The van der Waals surface area contributed by atoms with E-state index in [0.29, 0.717) is 0 Å². The fourth-order valence-electron chi connectivity index (χ4n) is 1.67. The molecule has 1 atom stereocenters. The van der Waals surface area contributed by atoms with E-state index in [1.54, 1.807) is 0 Å². The van der Waals surface area contributed by atoms with E-state index in [1.807, 2.05) is 6.92 Å². The van der Waals surface area contributed by atoms with Crippen LogP contribution in [0.25, 0.3) is 0 Å². The summed E-state index contributed by atoms with van der Waals surface area (Å²) in [6.07, 6.45) is 9.85. The van der Waals surface area contributed by atoms with Gasteiger partial charge in [-0.1, -0.05) is 59.3 Å². The van der Waals surface area contributed by atoms with Crippen LogP contribution in [0.1, 0.15) is 72.1 Å². The van der Waals surface area contributed by atoms with Gasteiger partial charge in [0, 0.05) is 0 Å². The number of aliphatic hydroxyl groups is 1. The van der Waals surface area contributed by atoms with Gasteiger partial charge in [0.15, 0.2) is 0 Å². The van der Waals surface area contributed by atoms with Gasteiger partial charge in [0.1, 0.15) is 0 Å². The Hall–Kier alpha value is -0.0400. The Morgan fingerprint density at radius 2 is 1.36 bits per heavy atom. The second kappa shape index (κ2) is 9.51. The van der Waals surface area contributed by atoms with Gasteiger partial charge >= 0.3 is 0 Å². The van der Waals surface area contributed by atoms with Gasteiger partial charge in [0.25, 0.3) is 0 Å². The molecule has 0 amide bonds. The van der Waals surface area contributed by atoms with Crippen molar-refractivity contribution in [1.82, 2.24) is 0 Å². The molecule has 0 fully saturated rings. The standard InChI is InChI=1S/C13H28O/c1-4-13(14)11-9-7-5-6-8-10-12(2)3/h12-14H,4-11H2,1-3H3/t13-/m0/s1. The molecule has 0 bridgehead atoms. The van der Waals surface area contributed by atoms with Crippen LogP contribution in [0.5, 0.6) is 0 Å². The Bertz CT molecular complexity index is 110. The van der Waals surface area contributed by atoms with E-state index in [9.17, 15) is 5.11 Å². The third kappa shape index (κ3) is 10.0. The monoisotopic (exact) mass is 200 g/mol. The van der Waals surface area contributed by atoms with E-state index in [2.05, 4.69) is 13.8 Å². The normalized spacial score (nSPS) is 13.5. The largest absolute Gasteiger partial charge is 0.393 e. The zero-order valence-electron chi connectivity index (χ0n) is 10.3. The quantitative estimate of drug-likeness (QED) is 0.554. The molecule has 0 radical (unpaired) electrons. The van der Waals surface area contributed by atoms with Gasteiger partial charge in [0.2, 0.25) is 0 Å². The first kappa shape index (κ1) is 14.0.